The van der Waals surface area contributed by atoms with Crippen LogP contribution in [0, 0.1) is 23.3 Å². The van der Waals surface area contributed by atoms with E-state index in [1.54, 1.807) is 25.7 Å². The smallest absolute Gasteiger partial charge is 0.410 e. The van der Waals surface area contributed by atoms with Gasteiger partial charge in [0.15, 0.2) is 0 Å². The van der Waals surface area contributed by atoms with E-state index in [2.05, 4.69) is 5.32 Å². The van der Waals surface area contributed by atoms with Crippen molar-refractivity contribution in [2.75, 3.05) is 24.2 Å². The molecule has 3 aromatic carbocycles. The number of nitrogens with two attached hydrogens (primary N) is 1. The molecule has 2 saturated heterocycles. The van der Waals surface area contributed by atoms with Gasteiger partial charge in [0, 0.05) is 48.4 Å². The zero-order valence-corrected chi connectivity index (χ0v) is 28.3. The second kappa shape index (κ2) is 14.5. The molecular weight excluding hydrogens is 664 g/mol. The van der Waals surface area contributed by atoms with Crippen molar-refractivity contribution in [1.29, 1.82) is 0 Å². The molecular formula is C35H40F4N4O5S. The Morgan fingerprint density at radius 2 is 1.63 bits per heavy atom. The molecule has 2 fully saturated rings. The highest BCUT2D eigenvalue weighted by molar-refractivity contribution is 7.89. The number of hydrogen-bond acceptors (Lipinski definition) is 6. The molecule has 2 bridgehead atoms. The molecule has 0 aromatic heterocycles. The van der Waals surface area contributed by atoms with Crippen LogP contribution in [-0.4, -0.2) is 72.2 Å². The van der Waals surface area contributed by atoms with Gasteiger partial charge in [-0.25, -0.2) is 30.8 Å². The summed E-state index contributed by atoms with van der Waals surface area (Å²) >= 11 is 0. The second-order valence-electron chi connectivity index (χ2n) is 13.5. The number of benzene rings is 3. The van der Waals surface area contributed by atoms with Gasteiger partial charge in [-0.05, 0) is 94.0 Å². The van der Waals surface area contributed by atoms with Crippen molar-refractivity contribution in [3.63, 3.8) is 0 Å². The van der Waals surface area contributed by atoms with Crippen LogP contribution in [0.2, 0.25) is 0 Å². The van der Waals surface area contributed by atoms with Gasteiger partial charge >= 0.3 is 6.09 Å². The van der Waals surface area contributed by atoms with Crippen molar-refractivity contribution in [3.8, 4) is 0 Å². The number of carbonyl (C=O) groups excluding carboxylic acids is 2. The van der Waals surface area contributed by atoms with Gasteiger partial charge in [0.2, 0.25) is 15.9 Å². The summed E-state index contributed by atoms with van der Waals surface area (Å²) in [7, 11) is -3.65. The Labute approximate surface area is 283 Å². The largest absolute Gasteiger partial charge is 0.444 e. The maximum atomic E-state index is 15.4. The van der Waals surface area contributed by atoms with Gasteiger partial charge in [0.1, 0.15) is 28.9 Å². The van der Waals surface area contributed by atoms with Crippen molar-refractivity contribution in [1.82, 2.24) is 9.21 Å². The first-order chi connectivity index (χ1) is 23.0. The number of hydrogen-bond donors (Lipinski definition) is 2. The first-order valence-electron chi connectivity index (χ1n) is 16.1. The SMILES string of the molecule is CC(C)(C)OC(=O)N1C[C@H](CCc2c(F)cccc2NC(=O)[C@@H](N)[C@@H](c2ccc(F)cc2)c2cc(F)cc(F)c2)N2C[C@H]1CCCS2(=O)=O. The minimum absolute atomic E-state index is 0.0163. The molecule has 5 atom stereocenters. The Bertz CT molecular complexity index is 1780. The Kier molecular flexibility index (Phi) is 10.7. The molecule has 1 unspecified atom stereocenters. The fourth-order valence-electron chi connectivity index (χ4n) is 6.55. The quantitative estimate of drug-likeness (QED) is 0.291. The molecule has 264 valence electrons. The second-order valence-corrected chi connectivity index (χ2v) is 15.6. The van der Waals surface area contributed by atoms with E-state index in [1.807, 2.05) is 0 Å². The van der Waals surface area contributed by atoms with Gasteiger partial charge in [-0.15, -0.1) is 0 Å². The number of rotatable bonds is 8. The van der Waals surface area contributed by atoms with Gasteiger partial charge in [-0.3, -0.25) is 4.79 Å². The molecule has 3 N–H and O–H groups in total. The summed E-state index contributed by atoms with van der Waals surface area (Å²) in [5.41, 5.74) is 6.15. The maximum Gasteiger partial charge on any atom is 0.410 e. The Morgan fingerprint density at radius 1 is 0.959 bits per heavy atom. The van der Waals surface area contributed by atoms with E-state index in [0.717, 1.165) is 24.3 Å². The summed E-state index contributed by atoms with van der Waals surface area (Å²) in [6.45, 7) is 5.37. The average Bonchev–Trinajstić information content (AvgIpc) is 3.13. The Morgan fingerprint density at radius 3 is 2.29 bits per heavy atom. The van der Waals surface area contributed by atoms with Crippen LogP contribution >= 0.6 is 0 Å². The highest BCUT2D eigenvalue weighted by atomic mass is 32.2. The van der Waals surface area contributed by atoms with Crippen molar-refractivity contribution in [2.24, 2.45) is 5.73 Å². The van der Waals surface area contributed by atoms with Crippen LogP contribution in [-0.2, 0) is 26.0 Å². The van der Waals surface area contributed by atoms with E-state index in [9.17, 15) is 31.2 Å². The zero-order valence-electron chi connectivity index (χ0n) is 27.5. The number of piperazine rings is 1. The molecule has 2 aliphatic heterocycles. The summed E-state index contributed by atoms with van der Waals surface area (Å²) in [5, 5.41) is 2.64. The lowest BCUT2D eigenvalue weighted by Crippen LogP contribution is -2.60. The molecule has 0 radical (unpaired) electrons. The summed E-state index contributed by atoms with van der Waals surface area (Å²) in [4.78, 5) is 28.4. The van der Waals surface area contributed by atoms with Gasteiger partial charge in [0.25, 0.3) is 0 Å². The monoisotopic (exact) mass is 704 g/mol. The molecule has 0 saturated carbocycles. The van der Waals surface area contributed by atoms with Gasteiger partial charge in [-0.2, -0.15) is 4.31 Å². The number of amides is 2. The fourth-order valence-corrected chi connectivity index (χ4v) is 8.34. The highest BCUT2D eigenvalue weighted by Crippen LogP contribution is 2.33. The van der Waals surface area contributed by atoms with Gasteiger partial charge in [-0.1, -0.05) is 18.2 Å². The molecule has 14 heteroatoms. The Hall–Kier alpha value is -4.01. The lowest BCUT2D eigenvalue weighted by Gasteiger charge is -2.44. The molecule has 2 aliphatic rings. The van der Waals surface area contributed by atoms with Crippen molar-refractivity contribution >= 4 is 27.7 Å². The number of nitrogens with one attached hydrogen (secondary N) is 1. The fraction of sp³-hybridized carbons (Fsp3) is 0.429. The summed E-state index contributed by atoms with van der Waals surface area (Å²) in [6, 6.07) is 9.25. The zero-order chi connectivity index (χ0) is 35.7. The van der Waals surface area contributed by atoms with Crippen molar-refractivity contribution < 1.29 is 40.3 Å². The van der Waals surface area contributed by atoms with E-state index in [4.69, 9.17) is 10.5 Å². The van der Waals surface area contributed by atoms with E-state index >= 15 is 4.39 Å². The van der Waals surface area contributed by atoms with E-state index in [-0.39, 0.29) is 54.5 Å². The number of halogens is 4. The van der Waals surface area contributed by atoms with Crippen molar-refractivity contribution in [3.05, 3.63) is 101 Å². The predicted molar refractivity (Wildman–Crippen MR) is 176 cm³/mol. The lowest BCUT2D eigenvalue weighted by atomic mass is 9.84. The number of ether oxygens (including phenoxy) is 1. The summed E-state index contributed by atoms with van der Waals surface area (Å²) in [6.07, 6.45) is 0.412. The van der Waals surface area contributed by atoms with Crippen LogP contribution in [0.4, 0.5) is 28.0 Å². The molecule has 9 nitrogen and oxygen atoms in total. The van der Waals surface area contributed by atoms with E-state index in [1.165, 1.54) is 34.6 Å². The Balaban J connectivity index is 1.39. The number of nitrogens with zero attached hydrogens (tertiary/aromatic N) is 2. The third-order valence-electron chi connectivity index (χ3n) is 8.81. The standard InChI is InChI=1S/C35H40F4N4O5S/c1-35(2,3)48-34(45)42-19-27(43-20-26(42)6-5-15-49(43,46)47)13-14-28-29(39)7-4-8-30(28)41-33(44)32(40)31(21-9-11-23(36)12-10-21)22-16-24(37)18-25(38)17-22/h4,7-12,16-18,26-27,31-32H,5-6,13-15,19-20,40H2,1-3H3,(H,41,44)/t26-,27+,31+,32+/m1/s1. The molecule has 3 aromatic rings. The summed E-state index contributed by atoms with van der Waals surface area (Å²) < 4.78 is 91.1. The average molecular weight is 705 g/mol. The molecule has 2 heterocycles. The number of carbonyl (C=O) groups is 2. The predicted octanol–water partition coefficient (Wildman–Crippen LogP) is 5.69. The maximum absolute atomic E-state index is 15.4. The van der Waals surface area contributed by atoms with Crippen LogP contribution in [0.1, 0.15) is 62.6 Å². The van der Waals surface area contributed by atoms with Crippen molar-refractivity contribution in [2.45, 2.75) is 76.1 Å². The first kappa shape index (κ1) is 36.3. The minimum Gasteiger partial charge on any atom is -0.444 e. The van der Waals surface area contributed by atoms with Crippen LogP contribution in [0.15, 0.2) is 60.7 Å². The normalized spacial score (nSPS) is 21.7. The lowest BCUT2D eigenvalue weighted by molar-refractivity contribution is -0.117. The summed E-state index contributed by atoms with van der Waals surface area (Å²) in [5.74, 6) is -5.01. The van der Waals surface area contributed by atoms with Crippen LogP contribution in [0.5, 0.6) is 0 Å². The third kappa shape index (κ3) is 8.60. The third-order valence-corrected chi connectivity index (χ3v) is 10.8. The van der Waals surface area contributed by atoms with Gasteiger partial charge < -0.3 is 20.7 Å². The number of sulfonamides is 1. The molecule has 2 amide bonds. The highest BCUT2D eigenvalue weighted by Gasteiger charge is 2.44. The van der Waals surface area contributed by atoms with Crippen LogP contribution in [0.25, 0.3) is 0 Å². The molecule has 49 heavy (non-hydrogen) atoms. The van der Waals surface area contributed by atoms with Gasteiger partial charge in [0.05, 0.1) is 11.8 Å². The topological polar surface area (TPSA) is 122 Å². The number of fused-ring (bicyclic) bond motifs is 2. The number of anilines is 1. The molecule has 0 spiro atoms. The molecule has 0 aliphatic carbocycles. The van der Waals surface area contributed by atoms with E-state index < -0.39 is 68.9 Å². The van der Waals surface area contributed by atoms with E-state index in [0.29, 0.717) is 24.5 Å². The van der Waals surface area contributed by atoms with Crippen LogP contribution < -0.4 is 11.1 Å². The molecule has 5 rings (SSSR count). The first-order valence-corrected chi connectivity index (χ1v) is 17.7. The van der Waals surface area contributed by atoms with Crippen LogP contribution in [0.3, 0.4) is 0 Å². The minimum atomic E-state index is -3.65.